The van der Waals surface area contributed by atoms with Crippen molar-refractivity contribution in [2.75, 3.05) is 0 Å². The maximum Gasteiger partial charge on any atom is 0.160 e. The number of hydrogen-bond donors (Lipinski definition) is 0. The normalized spacial score (nSPS) is 15.0. The standard InChI is InChI=1S/C40H37N3/c1-3-13-30(14-4-2)37-29-38(43-39(42-37)33-15-7-5-8-16-33)32-20-24-35(25-21-32)40(26-10-6-11-27-40)34-22-18-31(19-23-34)36-17-9-12-28-41-36/h3-5,7-9,12-25,28-29H,1,6,10-11,26-27H2,2H3/b14-4-,30-13+. The molecule has 5 aromatic rings. The summed E-state index contributed by atoms with van der Waals surface area (Å²) in [6.45, 7) is 5.94. The highest BCUT2D eigenvalue weighted by Crippen LogP contribution is 2.45. The van der Waals surface area contributed by atoms with E-state index >= 15 is 0 Å². The molecule has 3 nitrogen and oxygen atoms in total. The average molecular weight is 560 g/mol. The number of nitrogens with zero attached hydrogens (tertiary/aromatic N) is 3. The van der Waals surface area contributed by atoms with Crippen molar-refractivity contribution in [2.45, 2.75) is 44.4 Å². The fourth-order valence-electron chi connectivity index (χ4n) is 6.35. The van der Waals surface area contributed by atoms with Crippen molar-refractivity contribution in [1.82, 2.24) is 15.0 Å². The third kappa shape index (κ3) is 6.03. The van der Waals surface area contributed by atoms with E-state index in [2.05, 4.69) is 90.4 Å². The van der Waals surface area contributed by atoms with Gasteiger partial charge in [-0.25, -0.2) is 9.97 Å². The molecular formula is C40H37N3. The molecule has 0 amide bonds. The molecule has 2 aromatic heterocycles. The van der Waals surface area contributed by atoms with Gasteiger partial charge < -0.3 is 0 Å². The first-order valence-electron chi connectivity index (χ1n) is 15.2. The minimum atomic E-state index is 0.0112. The van der Waals surface area contributed by atoms with Crippen molar-refractivity contribution < 1.29 is 0 Å². The predicted molar refractivity (Wildman–Crippen MR) is 179 cm³/mol. The van der Waals surface area contributed by atoms with Crippen LogP contribution >= 0.6 is 0 Å². The minimum absolute atomic E-state index is 0.0112. The molecule has 0 radical (unpaired) electrons. The quantitative estimate of drug-likeness (QED) is 0.178. The first-order valence-corrected chi connectivity index (χ1v) is 15.2. The van der Waals surface area contributed by atoms with Crippen LogP contribution < -0.4 is 0 Å². The highest BCUT2D eigenvalue weighted by atomic mass is 14.9. The number of allylic oxidation sites excluding steroid dienone is 5. The van der Waals surface area contributed by atoms with E-state index in [-0.39, 0.29) is 5.41 Å². The molecule has 212 valence electrons. The second-order valence-corrected chi connectivity index (χ2v) is 11.2. The summed E-state index contributed by atoms with van der Waals surface area (Å²) in [4.78, 5) is 14.5. The molecule has 3 heteroatoms. The second kappa shape index (κ2) is 13.0. The topological polar surface area (TPSA) is 38.7 Å². The zero-order valence-corrected chi connectivity index (χ0v) is 24.8. The van der Waals surface area contributed by atoms with Crippen molar-refractivity contribution in [1.29, 1.82) is 0 Å². The maximum absolute atomic E-state index is 5.04. The van der Waals surface area contributed by atoms with E-state index in [0.717, 1.165) is 52.2 Å². The van der Waals surface area contributed by atoms with Gasteiger partial charge in [0.2, 0.25) is 0 Å². The van der Waals surface area contributed by atoms with Crippen LogP contribution in [0.15, 0.2) is 140 Å². The Labute approximate surface area is 255 Å². The summed E-state index contributed by atoms with van der Waals surface area (Å²) >= 11 is 0. The molecule has 2 heterocycles. The summed E-state index contributed by atoms with van der Waals surface area (Å²) in [5.41, 5.74) is 9.81. The third-order valence-corrected chi connectivity index (χ3v) is 8.54. The molecule has 43 heavy (non-hydrogen) atoms. The van der Waals surface area contributed by atoms with Crippen LogP contribution in [0.3, 0.4) is 0 Å². The number of pyridine rings is 1. The molecule has 1 fully saturated rings. The Morgan fingerprint density at radius 2 is 1.35 bits per heavy atom. The molecule has 3 aromatic carbocycles. The van der Waals surface area contributed by atoms with Gasteiger partial charge in [0, 0.05) is 28.3 Å². The zero-order chi connectivity index (χ0) is 29.5. The fourth-order valence-corrected chi connectivity index (χ4v) is 6.35. The molecule has 0 saturated heterocycles. The lowest BCUT2D eigenvalue weighted by Crippen LogP contribution is -2.30. The molecule has 1 aliphatic rings. The average Bonchev–Trinajstić information content (AvgIpc) is 3.09. The van der Waals surface area contributed by atoms with Crippen molar-refractivity contribution in [3.63, 3.8) is 0 Å². The first kappa shape index (κ1) is 28.2. The largest absolute Gasteiger partial charge is 0.256 e. The Morgan fingerprint density at radius 1 is 0.698 bits per heavy atom. The molecule has 0 unspecified atom stereocenters. The van der Waals surface area contributed by atoms with Crippen LogP contribution in [0.25, 0.3) is 39.5 Å². The maximum atomic E-state index is 5.04. The summed E-state index contributed by atoms with van der Waals surface area (Å²) in [6, 6.07) is 36.6. The van der Waals surface area contributed by atoms with Crippen molar-refractivity contribution in [2.24, 2.45) is 0 Å². The smallest absolute Gasteiger partial charge is 0.160 e. The van der Waals surface area contributed by atoms with E-state index in [1.165, 1.54) is 30.4 Å². The van der Waals surface area contributed by atoms with Gasteiger partial charge in [0.15, 0.2) is 5.82 Å². The highest BCUT2D eigenvalue weighted by Gasteiger charge is 2.35. The predicted octanol–water partition coefficient (Wildman–Crippen LogP) is 10.3. The van der Waals surface area contributed by atoms with Gasteiger partial charge in [0.05, 0.1) is 17.1 Å². The molecule has 1 aliphatic carbocycles. The van der Waals surface area contributed by atoms with Crippen LogP contribution in [-0.4, -0.2) is 15.0 Å². The van der Waals surface area contributed by atoms with Gasteiger partial charge in [-0.3, -0.25) is 4.98 Å². The van der Waals surface area contributed by atoms with Gasteiger partial charge in [-0.15, -0.1) is 0 Å². The Balaban J connectivity index is 1.39. The van der Waals surface area contributed by atoms with Gasteiger partial charge >= 0.3 is 0 Å². The van der Waals surface area contributed by atoms with E-state index < -0.39 is 0 Å². The van der Waals surface area contributed by atoms with Crippen LogP contribution in [0, 0.1) is 0 Å². The van der Waals surface area contributed by atoms with Gasteiger partial charge in [-0.05, 0) is 54.7 Å². The van der Waals surface area contributed by atoms with Crippen LogP contribution in [0.4, 0.5) is 0 Å². The Kier molecular flexibility index (Phi) is 8.51. The number of rotatable bonds is 8. The van der Waals surface area contributed by atoms with Crippen LogP contribution in [0.2, 0.25) is 0 Å². The molecule has 0 bridgehead atoms. The zero-order valence-electron chi connectivity index (χ0n) is 24.8. The summed E-state index contributed by atoms with van der Waals surface area (Å²) in [6.07, 6.45) is 15.8. The second-order valence-electron chi connectivity index (χ2n) is 11.2. The molecule has 0 spiro atoms. The highest BCUT2D eigenvalue weighted by molar-refractivity contribution is 5.77. The van der Waals surface area contributed by atoms with Gasteiger partial charge in [0.25, 0.3) is 0 Å². The van der Waals surface area contributed by atoms with E-state index in [9.17, 15) is 0 Å². The van der Waals surface area contributed by atoms with Crippen molar-refractivity contribution >= 4 is 5.57 Å². The summed E-state index contributed by atoms with van der Waals surface area (Å²) in [5, 5.41) is 0. The molecule has 0 aliphatic heterocycles. The van der Waals surface area contributed by atoms with Crippen molar-refractivity contribution in [3.05, 3.63) is 157 Å². The van der Waals surface area contributed by atoms with Crippen LogP contribution in [0.1, 0.15) is 55.8 Å². The number of benzene rings is 3. The van der Waals surface area contributed by atoms with E-state index in [1.54, 1.807) is 6.08 Å². The SMILES string of the molecule is C=C/C=C(\C=C/C)c1cc(-c2ccc(C3(c4ccc(-c5ccccn5)cc4)CCCCC3)cc2)nc(-c2ccccc2)n1. The summed E-state index contributed by atoms with van der Waals surface area (Å²) < 4.78 is 0. The Bertz CT molecular complexity index is 1730. The molecule has 1 saturated carbocycles. The Hall–Kier alpha value is -4.89. The fraction of sp³-hybridized carbons (Fsp3) is 0.175. The van der Waals surface area contributed by atoms with E-state index in [0.29, 0.717) is 5.82 Å². The first-order chi connectivity index (χ1) is 21.2. The van der Waals surface area contributed by atoms with Crippen molar-refractivity contribution in [3.8, 4) is 33.9 Å². The van der Waals surface area contributed by atoms with E-state index in [1.807, 2.05) is 55.6 Å². The van der Waals surface area contributed by atoms with E-state index in [4.69, 9.17) is 9.97 Å². The molecule has 6 rings (SSSR count). The Morgan fingerprint density at radius 3 is 1.95 bits per heavy atom. The van der Waals surface area contributed by atoms with Crippen LogP contribution in [-0.2, 0) is 5.41 Å². The van der Waals surface area contributed by atoms with Gasteiger partial charge in [-0.2, -0.15) is 0 Å². The summed E-state index contributed by atoms with van der Waals surface area (Å²) in [7, 11) is 0. The third-order valence-electron chi connectivity index (χ3n) is 8.54. The number of aromatic nitrogens is 3. The number of hydrogen-bond acceptors (Lipinski definition) is 3. The monoisotopic (exact) mass is 559 g/mol. The van der Waals surface area contributed by atoms with Gasteiger partial charge in [0.1, 0.15) is 0 Å². The lowest BCUT2D eigenvalue weighted by atomic mass is 9.65. The van der Waals surface area contributed by atoms with Gasteiger partial charge in [-0.1, -0.05) is 135 Å². The summed E-state index contributed by atoms with van der Waals surface area (Å²) in [5.74, 6) is 0.716. The molecular weight excluding hydrogens is 522 g/mol. The lowest BCUT2D eigenvalue weighted by molar-refractivity contribution is 0.346. The lowest BCUT2D eigenvalue weighted by Gasteiger charge is -2.39. The molecule has 0 N–H and O–H groups in total. The molecule has 0 atom stereocenters. The minimum Gasteiger partial charge on any atom is -0.256 e. The van der Waals surface area contributed by atoms with Crippen LogP contribution in [0.5, 0.6) is 0 Å².